The van der Waals surface area contributed by atoms with Crippen molar-refractivity contribution in [2.45, 2.75) is 18.7 Å². The molecular formula is C18H15N3O3. The van der Waals surface area contributed by atoms with E-state index < -0.39 is 18.2 Å². The van der Waals surface area contributed by atoms with Gasteiger partial charge in [0.1, 0.15) is 6.04 Å². The van der Waals surface area contributed by atoms with Crippen LogP contribution in [0.15, 0.2) is 59.4 Å². The molecule has 6 heteroatoms. The van der Waals surface area contributed by atoms with E-state index in [4.69, 9.17) is 0 Å². The first kappa shape index (κ1) is 14.6. The fourth-order valence-electron chi connectivity index (χ4n) is 3.09. The third-order valence-corrected chi connectivity index (χ3v) is 4.24. The number of nitrogens with one attached hydrogen (secondary N) is 1. The van der Waals surface area contributed by atoms with Gasteiger partial charge >= 0.3 is 0 Å². The summed E-state index contributed by atoms with van der Waals surface area (Å²) in [6, 6.07) is 15.6. The number of para-hydroxylation sites is 1. The Hall–Kier alpha value is -2.99. The highest BCUT2D eigenvalue weighted by Gasteiger charge is 2.34. The lowest BCUT2D eigenvalue weighted by molar-refractivity contribution is -0.130. The number of benzene rings is 2. The maximum Gasteiger partial charge on any atom is 0.262 e. The highest BCUT2D eigenvalue weighted by molar-refractivity contribution is 5.84. The summed E-state index contributed by atoms with van der Waals surface area (Å²) in [5.41, 5.74) is 1.12. The van der Waals surface area contributed by atoms with E-state index in [1.807, 2.05) is 30.3 Å². The van der Waals surface area contributed by atoms with Gasteiger partial charge in [0.25, 0.3) is 5.56 Å². The van der Waals surface area contributed by atoms with Gasteiger partial charge in [-0.3, -0.25) is 14.2 Å². The molecule has 24 heavy (non-hydrogen) atoms. The molecule has 120 valence electrons. The van der Waals surface area contributed by atoms with E-state index in [0.29, 0.717) is 17.3 Å². The van der Waals surface area contributed by atoms with Crippen LogP contribution in [0.5, 0.6) is 0 Å². The molecule has 2 aromatic carbocycles. The van der Waals surface area contributed by atoms with Gasteiger partial charge in [0.2, 0.25) is 5.91 Å². The van der Waals surface area contributed by atoms with E-state index in [1.165, 1.54) is 4.57 Å². The van der Waals surface area contributed by atoms with Crippen molar-refractivity contribution in [1.29, 1.82) is 0 Å². The molecule has 6 nitrogen and oxygen atoms in total. The molecule has 0 spiro atoms. The molecule has 0 saturated heterocycles. The number of fused-ring (bicyclic) bond motifs is 2. The van der Waals surface area contributed by atoms with Gasteiger partial charge in [0.05, 0.1) is 10.9 Å². The summed E-state index contributed by atoms with van der Waals surface area (Å²) in [5, 5.41) is 13.1. The minimum atomic E-state index is -1.29. The molecule has 1 aromatic heterocycles. The number of nitrogens with zero attached hydrogens (tertiary/aromatic N) is 2. The number of hydrogen-bond donors (Lipinski definition) is 2. The van der Waals surface area contributed by atoms with Crippen molar-refractivity contribution in [2.75, 3.05) is 0 Å². The molecule has 1 aliphatic rings. The molecule has 1 aliphatic heterocycles. The van der Waals surface area contributed by atoms with E-state index in [0.717, 1.165) is 5.56 Å². The molecule has 0 aliphatic carbocycles. The standard InChI is InChI=1S/C18H15N3O3/c22-16-14(10-11-6-2-1-3-7-11)21-15(17(23)20-16)19-13-9-5-4-8-12(13)18(21)24/h1-9,14,17,23H,10H2,(H,20,22)/t14-,17-/m0/s1. The van der Waals surface area contributed by atoms with Gasteiger partial charge in [-0.25, -0.2) is 4.98 Å². The van der Waals surface area contributed by atoms with Gasteiger partial charge in [-0.15, -0.1) is 0 Å². The molecule has 2 atom stereocenters. The number of carbonyl (C=O) groups excluding carboxylic acids is 1. The Labute approximate surface area is 137 Å². The van der Waals surface area contributed by atoms with E-state index in [-0.39, 0.29) is 11.4 Å². The van der Waals surface area contributed by atoms with Gasteiger partial charge in [-0.2, -0.15) is 0 Å². The predicted molar refractivity (Wildman–Crippen MR) is 88.3 cm³/mol. The van der Waals surface area contributed by atoms with Crippen molar-refractivity contribution < 1.29 is 9.90 Å². The lowest BCUT2D eigenvalue weighted by Crippen LogP contribution is -2.48. The van der Waals surface area contributed by atoms with Crippen molar-refractivity contribution in [3.8, 4) is 0 Å². The largest absolute Gasteiger partial charge is 0.367 e. The molecule has 4 rings (SSSR count). The van der Waals surface area contributed by atoms with Crippen LogP contribution in [0.25, 0.3) is 10.9 Å². The van der Waals surface area contributed by atoms with Crippen molar-refractivity contribution in [1.82, 2.24) is 14.9 Å². The van der Waals surface area contributed by atoms with Crippen LogP contribution in [0.3, 0.4) is 0 Å². The smallest absolute Gasteiger partial charge is 0.262 e. The molecule has 3 aromatic rings. The fraction of sp³-hybridized carbons (Fsp3) is 0.167. The van der Waals surface area contributed by atoms with Crippen LogP contribution in [0, 0.1) is 0 Å². The van der Waals surface area contributed by atoms with Crippen molar-refractivity contribution in [3.63, 3.8) is 0 Å². The summed E-state index contributed by atoms with van der Waals surface area (Å²) >= 11 is 0. The van der Waals surface area contributed by atoms with Crippen LogP contribution < -0.4 is 10.9 Å². The lowest BCUT2D eigenvalue weighted by Gasteiger charge is -2.30. The van der Waals surface area contributed by atoms with Gasteiger partial charge in [0, 0.05) is 6.42 Å². The predicted octanol–water partition coefficient (Wildman–Crippen LogP) is 1.30. The zero-order chi connectivity index (χ0) is 16.7. The Morgan fingerprint density at radius 2 is 1.75 bits per heavy atom. The van der Waals surface area contributed by atoms with Gasteiger partial charge in [0.15, 0.2) is 12.1 Å². The Bertz CT molecular complexity index is 982. The molecule has 0 fully saturated rings. The van der Waals surface area contributed by atoms with Crippen LogP contribution in [-0.4, -0.2) is 20.6 Å². The third-order valence-electron chi connectivity index (χ3n) is 4.24. The highest BCUT2D eigenvalue weighted by atomic mass is 16.3. The number of amides is 1. The maximum absolute atomic E-state index is 12.9. The molecule has 0 unspecified atom stereocenters. The quantitative estimate of drug-likeness (QED) is 0.745. The number of aromatic nitrogens is 2. The van der Waals surface area contributed by atoms with E-state index >= 15 is 0 Å². The second-order valence-electron chi connectivity index (χ2n) is 5.78. The summed E-state index contributed by atoms with van der Waals surface area (Å²) < 4.78 is 1.32. The fourth-order valence-corrected chi connectivity index (χ4v) is 3.09. The Morgan fingerprint density at radius 3 is 2.54 bits per heavy atom. The number of carbonyl (C=O) groups is 1. The molecule has 0 saturated carbocycles. The van der Waals surface area contributed by atoms with Crippen LogP contribution in [0.2, 0.25) is 0 Å². The summed E-state index contributed by atoms with van der Waals surface area (Å²) in [5.74, 6) is -0.225. The Balaban J connectivity index is 1.92. The van der Waals surface area contributed by atoms with Crippen LogP contribution >= 0.6 is 0 Å². The molecule has 2 heterocycles. The maximum atomic E-state index is 12.9. The van der Waals surface area contributed by atoms with E-state index in [1.54, 1.807) is 24.3 Å². The van der Waals surface area contributed by atoms with Crippen molar-refractivity contribution in [2.24, 2.45) is 0 Å². The molecule has 0 bridgehead atoms. The Morgan fingerprint density at radius 1 is 1.04 bits per heavy atom. The average molecular weight is 321 g/mol. The van der Waals surface area contributed by atoms with Crippen LogP contribution in [0.1, 0.15) is 23.7 Å². The van der Waals surface area contributed by atoms with E-state index in [2.05, 4.69) is 10.3 Å². The number of rotatable bonds is 2. The summed E-state index contributed by atoms with van der Waals surface area (Å²) in [6.45, 7) is 0. The summed E-state index contributed by atoms with van der Waals surface area (Å²) in [6.07, 6.45) is -0.936. The normalized spacial score (nSPS) is 19.8. The van der Waals surface area contributed by atoms with Gasteiger partial charge < -0.3 is 10.4 Å². The number of hydrogen-bond acceptors (Lipinski definition) is 4. The topological polar surface area (TPSA) is 84.2 Å². The zero-order valence-electron chi connectivity index (χ0n) is 12.7. The first-order chi connectivity index (χ1) is 11.6. The van der Waals surface area contributed by atoms with Crippen molar-refractivity contribution in [3.05, 3.63) is 76.3 Å². The third kappa shape index (κ3) is 2.28. The number of aliphatic hydroxyl groups is 1. The minimum absolute atomic E-state index is 0.166. The molecule has 1 amide bonds. The number of aliphatic hydroxyl groups excluding tert-OH is 1. The van der Waals surface area contributed by atoms with Gasteiger partial charge in [-0.1, -0.05) is 42.5 Å². The highest BCUT2D eigenvalue weighted by Crippen LogP contribution is 2.24. The molecular weight excluding hydrogens is 306 g/mol. The second-order valence-corrected chi connectivity index (χ2v) is 5.78. The molecule has 0 radical (unpaired) electrons. The second kappa shape index (κ2) is 5.58. The average Bonchev–Trinajstić information content (AvgIpc) is 2.60. The monoisotopic (exact) mass is 321 g/mol. The first-order valence-electron chi connectivity index (χ1n) is 7.68. The molecule has 2 N–H and O–H groups in total. The SMILES string of the molecule is O=C1N[C@@H](O)c2nc3ccccc3c(=O)n2[C@H]1Cc1ccccc1. The van der Waals surface area contributed by atoms with Crippen LogP contribution in [-0.2, 0) is 11.2 Å². The first-order valence-corrected chi connectivity index (χ1v) is 7.68. The minimum Gasteiger partial charge on any atom is -0.367 e. The zero-order valence-corrected chi connectivity index (χ0v) is 12.7. The summed E-state index contributed by atoms with van der Waals surface area (Å²) in [4.78, 5) is 29.7. The van der Waals surface area contributed by atoms with Gasteiger partial charge in [-0.05, 0) is 17.7 Å². The van der Waals surface area contributed by atoms with Crippen LogP contribution in [0.4, 0.5) is 0 Å². The lowest BCUT2D eigenvalue weighted by atomic mass is 10.0. The van der Waals surface area contributed by atoms with E-state index in [9.17, 15) is 14.7 Å². The Kier molecular flexibility index (Phi) is 3.39. The van der Waals surface area contributed by atoms with Crippen molar-refractivity contribution >= 4 is 16.8 Å². The summed E-state index contributed by atoms with van der Waals surface area (Å²) in [7, 11) is 0.